The van der Waals surface area contributed by atoms with E-state index >= 15 is 0 Å². The number of allylic oxidation sites excluding steroid dienone is 1. The zero-order chi connectivity index (χ0) is 21.0. The van der Waals surface area contributed by atoms with Crippen molar-refractivity contribution in [2.75, 3.05) is 0 Å². The Balaban J connectivity index is 1.75. The molecule has 2 aromatic carbocycles. The molecule has 0 aliphatic heterocycles. The summed E-state index contributed by atoms with van der Waals surface area (Å²) in [6.07, 6.45) is 1.57. The maximum absolute atomic E-state index is 12.8. The summed E-state index contributed by atoms with van der Waals surface area (Å²) in [5.41, 5.74) is 0.402. The number of hydrogen-bond donors (Lipinski definition) is 1. The number of amides is 1. The molecule has 1 N–H and O–H groups in total. The molecule has 1 aliphatic carbocycles. The molecule has 0 bridgehead atoms. The standard InChI is InChI=1S/C22H21Br2NO4/c1-22(2)17(12-18(23)24)19(22)21(27)29-20(25-13-26)14-7-6-10-16(11-14)28-15-8-4-3-5-9-15/h3-13,17,19-20H,1-2H3,(H,25,26)/t17-,19-,20-/m0/s1. The van der Waals surface area contributed by atoms with Gasteiger partial charge in [-0.25, -0.2) is 0 Å². The van der Waals surface area contributed by atoms with Gasteiger partial charge >= 0.3 is 5.97 Å². The van der Waals surface area contributed by atoms with Crippen molar-refractivity contribution in [2.45, 2.75) is 20.1 Å². The van der Waals surface area contributed by atoms with E-state index in [1.165, 1.54) is 0 Å². The molecule has 0 spiro atoms. The van der Waals surface area contributed by atoms with Gasteiger partial charge in [0, 0.05) is 5.56 Å². The smallest absolute Gasteiger partial charge is 0.312 e. The fourth-order valence-corrected chi connectivity index (χ4v) is 3.96. The normalized spacial score (nSPS) is 20.1. The van der Waals surface area contributed by atoms with Crippen molar-refractivity contribution in [1.29, 1.82) is 0 Å². The van der Waals surface area contributed by atoms with Crippen LogP contribution in [0.5, 0.6) is 11.5 Å². The van der Waals surface area contributed by atoms with Gasteiger partial charge in [0.15, 0.2) is 0 Å². The summed E-state index contributed by atoms with van der Waals surface area (Å²) in [6.45, 7) is 4.03. The first-order valence-electron chi connectivity index (χ1n) is 9.09. The number of carbonyl (C=O) groups excluding carboxylic acids is 2. The zero-order valence-corrected chi connectivity index (χ0v) is 19.1. The third-order valence-corrected chi connectivity index (χ3v) is 5.59. The molecule has 0 unspecified atom stereocenters. The first-order valence-corrected chi connectivity index (χ1v) is 10.7. The third kappa shape index (κ3) is 5.28. The highest BCUT2D eigenvalue weighted by atomic mass is 79.9. The lowest BCUT2D eigenvalue weighted by molar-refractivity contribution is -0.154. The van der Waals surface area contributed by atoms with Gasteiger partial charge in [-0.1, -0.05) is 50.3 Å². The summed E-state index contributed by atoms with van der Waals surface area (Å²) in [4.78, 5) is 23.9. The van der Waals surface area contributed by atoms with E-state index in [0.29, 0.717) is 23.5 Å². The van der Waals surface area contributed by atoms with Crippen LogP contribution in [0, 0.1) is 17.3 Å². The molecule has 0 radical (unpaired) electrons. The Kier molecular flexibility index (Phi) is 6.80. The average Bonchev–Trinajstić information content (AvgIpc) is 3.21. The van der Waals surface area contributed by atoms with Gasteiger partial charge in [0.05, 0.1) is 9.31 Å². The number of ether oxygens (including phenoxy) is 2. The molecule has 1 amide bonds. The zero-order valence-electron chi connectivity index (χ0n) is 16.0. The second-order valence-electron chi connectivity index (χ2n) is 7.37. The Morgan fingerprint density at radius 1 is 1.10 bits per heavy atom. The summed E-state index contributed by atoms with van der Waals surface area (Å²) < 4.78 is 12.3. The lowest BCUT2D eigenvalue weighted by Gasteiger charge is -2.18. The first-order chi connectivity index (χ1) is 13.8. The topological polar surface area (TPSA) is 64.6 Å². The van der Waals surface area contributed by atoms with E-state index in [1.807, 2.05) is 50.3 Å². The molecule has 1 aliphatic rings. The van der Waals surface area contributed by atoms with E-state index in [9.17, 15) is 9.59 Å². The van der Waals surface area contributed by atoms with Crippen LogP contribution < -0.4 is 10.1 Å². The number of halogens is 2. The Labute approximate surface area is 186 Å². The maximum atomic E-state index is 12.8. The molecule has 0 saturated heterocycles. The number of rotatable bonds is 8. The van der Waals surface area contributed by atoms with Gasteiger partial charge in [0.1, 0.15) is 11.5 Å². The highest BCUT2D eigenvalue weighted by molar-refractivity contribution is 9.28. The first kappa shape index (κ1) is 21.6. The van der Waals surface area contributed by atoms with E-state index in [1.54, 1.807) is 24.3 Å². The van der Waals surface area contributed by atoms with Crippen molar-refractivity contribution in [3.05, 3.63) is 69.6 Å². The molecule has 1 fully saturated rings. The molecule has 0 aromatic heterocycles. The van der Waals surface area contributed by atoms with Crippen molar-refractivity contribution in [1.82, 2.24) is 5.32 Å². The number of para-hydroxylation sites is 1. The minimum atomic E-state index is -0.896. The largest absolute Gasteiger partial charge is 0.457 e. The lowest BCUT2D eigenvalue weighted by atomic mass is 10.1. The molecule has 7 heteroatoms. The van der Waals surface area contributed by atoms with Crippen LogP contribution in [0.15, 0.2) is 64.1 Å². The minimum absolute atomic E-state index is 0.0494. The Morgan fingerprint density at radius 3 is 2.45 bits per heavy atom. The Morgan fingerprint density at radius 2 is 1.79 bits per heavy atom. The number of benzene rings is 2. The second kappa shape index (κ2) is 9.13. The molecular weight excluding hydrogens is 502 g/mol. The quantitative estimate of drug-likeness (QED) is 0.275. The maximum Gasteiger partial charge on any atom is 0.312 e. The van der Waals surface area contributed by atoms with Crippen LogP contribution in [0.1, 0.15) is 25.6 Å². The SMILES string of the molecule is CC1(C)[C@H](C(=O)O[C@H](NC=O)c2cccc(Oc3ccccc3)c2)[C@@H]1C=C(Br)Br. The predicted molar refractivity (Wildman–Crippen MR) is 118 cm³/mol. The van der Waals surface area contributed by atoms with E-state index in [2.05, 4.69) is 37.2 Å². The van der Waals surface area contributed by atoms with Crippen molar-refractivity contribution in [3.8, 4) is 11.5 Å². The molecule has 2 aromatic rings. The highest BCUT2D eigenvalue weighted by Crippen LogP contribution is 2.60. The van der Waals surface area contributed by atoms with Crippen molar-refractivity contribution >= 4 is 44.2 Å². The molecule has 3 atom stereocenters. The van der Waals surface area contributed by atoms with Crippen LogP contribution in [-0.4, -0.2) is 12.4 Å². The molecule has 5 nitrogen and oxygen atoms in total. The van der Waals surface area contributed by atoms with E-state index in [-0.39, 0.29) is 23.2 Å². The van der Waals surface area contributed by atoms with E-state index in [4.69, 9.17) is 9.47 Å². The summed E-state index contributed by atoms with van der Waals surface area (Å²) >= 11 is 6.69. The molecule has 29 heavy (non-hydrogen) atoms. The monoisotopic (exact) mass is 521 g/mol. The molecule has 3 rings (SSSR count). The lowest BCUT2D eigenvalue weighted by Crippen LogP contribution is -2.26. The van der Waals surface area contributed by atoms with Crippen LogP contribution in [-0.2, 0) is 14.3 Å². The van der Waals surface area contributed by atoms with Gasteiger partial charge in [0.25, 0.3) is 0 Å². The summed E-state index contributed by atoms with van der Waals surface area (Å²) in [7, 11) is 0. The van der Waals surface area contributed by atoms with Gasteiger partial charge in [-0.05, 0) is 67.5 Å². The molecule has 152 valence electrons. The van der Waals surface area contributed by atoms with Gasteiger partial charge in [-0.3, -0.25) is 9.59 Å². The minimum Gasteiger partial charge on any atom is -0.457 e. The fourth-order valence-electron chi connectivity index (χ4n) is 3.39. The van der Waals surface area contributed by atoms with Crippen LogP contribution in [0.4, 0.5) is 0 Å². The molecular formula is C22H21Br2NO4. The van der Waals surface area contributed by atoms with Gasteiger partial charge in [0.2, 0.25) is 12.6 Å². The summed E-state index contributed by atoms with van der Waals surface area (Å²) in [6, 6.07) is 16.5. The number of nitrogens with one attached hydrogen (secondary N) is 1. The van der Waals surface area contributed by atoms with E-state index < -0.39 is 6.23 Å². The van der Waals surface area contributed by atoms with Gasteiger partial charge in [-0.2, -0.15) is 0 Å². The van der Waals surface area contributed by atoms with E-state index in [0.717, 1.165) is 3.39 Å². The number of esters is 1. The van der Waals surface area contributed by atoms with Crippen molar-refractivity contribution < 1.29 is 19.1 Å². The van der Waals surface area contributed by atoms with Crippen LogP contribution in [0.2, 0.25) is 0 Å². The average molecular weight is 523 g/mol. The Hall–Kier alpha value is -2.12. The van der Waals surface area contributed by atoms with Crippen molar-refractivity contribution in [3.63, 3.8) is 0 Å². The fraction of sp³-hybridized carbons (Fsp3) is 0.273. The predicted octanol–water partition coefficient (Wildman–Crippen LogP) is 5.67. The van der Waals surface area contributed by atoms with Crippen molar-refractivity contribution in [2.24, 2.45) is 17.3 Å². The Bertz CT molecular complexity index is 910. The number of hydrogen-bond acceptors (Lipinski definition) is 4. The number of carbonyl (C=O) groups is 2. The van der Waals surface area contributed by atoms with Gasteiger partial charge < -0.3 is 14.8 Å². The van der Waals surface area contributed by atoms with Gasteiger partial charge in [-0.15, -0.1) is 0 Å². The summed E-state index contributed by atoms with van der Waals surface area (Å²) in [5.74, 6) is 0.682. The summed E-state index contributed by atoms with van der Waals surface area (Å²) in [5, 5.41) is 2.57. The molecule has 0 heterocycles. The van der Waals surface area contributed by atoms with Crippen LogP contribution in [0.3, 0.4) is 0 Å². The van der Waals surface area contributed by atoms with Crippen LogP contribution >= 0.6 is 31.9 Å². The second-order valence-corrected chi connectivity index (χ2v) is 10.1. The highest BCUT2D eigenvalue weighted by Gasteiger charge is 2.61. The molecule has 1 saturated carbocycles. The third-order valence-electron chi connectivity index (χ3n) is 5.06. The van der Waals surface area contributed by atoms with Crippen LogP contribution in [0.25, 0.3) is 0 Å².